The van der Waals surface area contributed by atoms with E-state index in [9.17, 15) is 12.8 Å². The number of aromatic nitrogens is 3. The SMILES string of the molecule is NS(=O)(=O)N1CC(F)C1c1cc(Cl)cc(-c2cn(-c3ccc(N4CCNCC4)cc3)nc2-c2ccncc2)c1F. The van der Waals surface area contributed by atoms with Gasteiger partial charge in [0.15, 0.2) is 0 Å². The zero-order chi connectivity index (χ0) is 28.0. The van der Waals surface area contributed by atoms with E-state index in [1.165, 1.54) is 12.1 Å². The summed E-state index contributed by atoms with van der Waals surface area (Å²) in [5.74, 6) is -0.797. The van der Waals surface area contributed by atoms with Crippen molar-refractivity contribution < 1.29 is 17.2 Å². The Hall–Kier alpha value is -3.42. The highest BCUT2D eigenvalue weighted by atomic mass is 35.5. The summed E-state index contributed by atoms with van der Waals surface area (Å²) in [6.07, 6.45) is 3.26. The van der Waals surface area contributed by atoms with Gasteiger partial charge < -0.3 is 10.2 Å². The van der Waals surface area contributed by atoms with Crippen LogP contribution < -0.4 is 15.4 Å². The smallest absolute Gasteiger partial charge is 0.277 e. The van der Waals surface area contributed by atoms with E-state index in [0.717, 1.165) is 41.9 Å². The molecule has 3 N–H and O–H groups in total. The van der Waals surface area contributed by atoms with E-state index >= 15 is 4.39 Å². The van der Waals surface area contributed by atoms with Crippen molar-refractivity contribution in [2.45, 2.75) is 12.2 Å². The molecule has 13 heteroatoms. The third kappa shape index (κ3) is 4.97. The van der Waals surface area contributed by atoms with Crippen LogP contribution in [0.1, 0.15) is 11.6 Å². The van der Waals surface area contributed by atoms with Gasteiger partial charge in [0.25, 0.3) is 10.2 Å². The molecule has 2 aromatic carbocycles. The molecular formula is C27H26ClF2N7O2S. The van der Waals surface area contributed by atoms with Crippen molar-refractivity contribution in [1.82, 2.24) is 24.4 Å². The first-order chi connectivity index (χ1) is 19.2. The topological polar surface area (TPSA) is 109 Å². The Morgan fingerprint density at radius 2 is 1.68 bits per heavy atom. The van der Waals surface area contributed by atoms with Crippen LogP contribution in [0.3, 0.4) is 0 Å². The molecule has 2 aromatic heterocycles. The predicted octanol–water partition coefficient (Wildman–Crippen LogP) is 3.70. The Morgan fingerprint density at radius 3 is 2.33 bits per heavy atom. The maximum Gasteiger partial charge on any atom is 0.277 e. The molecule has 2 atom stereocenters. The van der Waals surface area contributed by atoms with E-state index in [1.54, 1.807) is 35.4 Å². The van der Waals surface area contributed by atoms with Crippen molar-refractivity contribution in [3.05, 3.63) is 83.5 Å². The van der Waals surface area contributed by atoms with Gasteiger partial charge in [-0.05, 0) is 48.5 Å². The van der Waals surface area contributed by atoms with E-state index in [2.05, 4.69) is 15.2 Å². The van der Waals surface area contributed by atoms with Crippen LogP contribution in [0.15, 0.2) is 67.1 Å². The molecule has 0 aliphatic carbocycles. The van der Waals surface area contributed by atoms with Gasteiger partial charge in [-0.25, -0.2) is 18.6 Å². The first-order valence-electron chi connectivity index (χ1n) is 12.7. The van der Waals surface area contributed by atoms with Gasteiger partial charge in [0.05, 0.1) is 11.7 Å². The minimum atomic E-state index is -4.25. The van der Waals surface area contributed by atoms with Gasteiger partial charge in [-0.2, -0.15) is 17.8 Å². The standard InChI is InChI=1S/C27H26ClF2N7O2S/c28-18-13-21(25(30)22(14-18)27-24(29)16-37(27)40(31,38)39)23-15-36(34-26(23)17-5-7-32-8-6-17)20-3-1-19(2-4-20)35-11-9-33-10-12-35/h1-8,13-15,24,27,33H,9-12,16H2,(H2,31,38,39). The Bertz CT molecular complexity index is 1650. The van der Waals surface area contributed by atoms with Gasteiger partial charge in [-0.1, -0.05) is 11.6 Å². The maximum absolute atomic E-state index is 16.2. The molecule has 208 valence electrons. The normalized spacial score (nSPS) is 19.9. The Kier molecular flexibility index (Phi) is 7.05. The highest BCUT2D eigenvalue weighted by Crippen LogP contribution is 2.43. The van der Waals surface area contributed by atoms with Crippen LogP contribution in [0.2, 0.25) is 5.02 Å². The molecule has 2 fully saturated rings. The van der Waals surface area contributed by atoms with E-state index in [4.69, 9.17) is 21.8 Å². The second kappa shape index (κ2) is 10.5. The number of halogens is 3. The number of hydrogen-bond donors (Lipinski definition) is 2. The molecular weight excluding hydrogens is 560 g/mol. The van der Waals surface area contributed by atoms with Crippen molar-refractivity contribution in [3.63, 3.8) is 0 Å². The quantitative estimate of drug-likeness (QED) is 0.357. The van der Waals surface area contributed by atoms with Gasteiger partial charge in [0.1, 0.15) is 17.7 Å². The summed E-state index contributed by atoms with van der Waals surface area (Å²) in [6.45, 7) is 3.22. The summed E-state index contributed by atoms with van der Waals surface area (Å²) < 4.78 is 57.1. The molecule has 2 unspecified atom stereocenters. The largest absolute Gasteiger partial charge is 0.369 e. The molecule has 0 saturated carbocycles. The summed E-state index contributed by atoms with van der Waals surface area (Å²) >= 11 is 6.39. The minimum Gasteiger partial charge on any atom is -0.369 e. The van der Waals surface area contributed by atoms with Crippen molar-refractivity contribution in [2.75, 3.05) is 37.6 Å². The number of nitrogens with two attached hydrogens (primary N) is 1. The van der Waals surface area contributed by atoms with Crippen molar-refractivity contribution in [1.29, 1.82) is 0 Å². The zero-order valence-electron chi connectivity index (χ0n) is 21.2. The number of anilines is 1. The summed E-state index contributed by atoms with van der Waals surface area (Å²) in [5, 5.41) is 13.5. The number of hydrogen-bond acceptors (Lipinski definition) is 6. The number of nitrogens with zero attached hydrogens (tertiary/aromatic N) is 5. The van der Waals surface area contributed by atoms with Crippen LogP contribution in [0, 0.1) is 5.82 Å². The number of alkyl halides is 1. The second-order valence-electron chi connectivity index (χ2n) is 9.76. The lowest BCUT2D eigenvalue weighted by atomic mass is 9.91. The molecule has 4 heterocycles. The molecule has 2 saturated heterocycles. The van der Waals surface area contributed by atoms with Crippen LogP contribution in [0.5, 0.6) is 0 Å². The number of pyridine rings is 1. The zero-order valence-corrected chi connectivity index (χ0v) is 22.8. The van der Waals surface area contributed by atoms with Crippen LogP contribution in [0.25, 0.3) is 28.1 Å². The van der Waals surface area contributed by atoms with Gasteiger partial charge in [0.2, 0.25) is 0 Å². The molecule has 40 heavy (non-hydrogen) atoms. The van der Waals surface area contributed by atoms with Crippen molar-refractivity contribution in [2.24, 2.45) is 5.14 Å². The Morgan fingerprint density at radius 1 is 1.00 bits per heavy atom. The van der Waals surface area contributed by atoms with Crippen LogP contribution in [0.4, 0.5) is 14.5 Å². The fraction of sp³-hybridized carbons (Fsp3) is 0.259. The third-order valence-corrected chi connectivity index (χ3v) is 8.52. The summed E-state index contributed by atoms with van der Waals surface area (Å²) in [6, 6.07) is 12.7. The summed E-state index contributed by atoms with van der Waals surface area (Å²) in [7, 11) is -4.25. The second-order valence-corrected chi connectivity index (χ2v) is 11.7. The minimum absolute atomic E-state index is 0.0615. The molecule has 0 bridgehead atoms. The van der Waals surface area contributed by atoms with Crippen LogP contribution >= 0.6 is 11.6 Å². The third-order valence-electron chi connectivity index (χ3n) is 7.27. The lowest BCUT2D eigenvalue weighted by Crippen LogP contribution is -2.56. The van der Waals surface area contributed by atoms with E-state index < -0.39 is 34.8 Å². The van der Waals surface area contributed by atoms with E-state index in [1.807, 2.05) is 24.3 Å². The first kappa shape index (κ1) is 26.8. The lowest BCUT2D eigenvalue weighted by Gasteiger charge is -2.41. The maximum atomic E-state index is 16.2. The van der Waals surface area contributed by atoms with Gasteiger partial charge in [-0.15, -0.1) is 0 Å². The monoisotopic (exact) mass is 585 g/mol. The number of piperazine rings is 1. The number of rotatable bonds is 6. The lowest BCUT2D eigenvalue weighted by molar-refractivity contribution is 0.0580. The van der Waals surface area contributed by atoms with E-state index in [0.29, 0.717) is 16.8 Å². The highest BCUT2D eigenvalue weighted by molar-refractivity contribution is 7.86. The molecule has 0 radical (unpaired) electrons. The van der Waals surface area contributed by atoms with Gasteiger partial charge in [-0.3, -0.25) is 4.98 Å². The van der Waals surface area contributed by atoms with Crippen LogP contribution in [-0.4, -0.2) is 66.4 Å². The summed E-state index contributed by atoms with van der Waals surface area (Å²) in [5.41, 5.74) is 3.25. The predicted molar refractivity (Wildman–Crippen MR) is 150 cm³/mol. The molecule has 6 rings (SSSR count). The van der Waals surface area contributed by atoms with Gasteiger partial charge >= 0.3 is 0 Å². The average Bonchev–Trinajstić information content (AvgIpc) is 3.39. The highest BCUT2D eigenvalue weighted by Gasteiger charge is 2.47. The molecule has 0 spiro atoms. The molecule has 0 amide bonds. The molecule has 2 aliphatic heterocycles. The Balaban J connectivity index is 1.45. The van der Waals surface area contributed by atoms with Gasteiger partial charge in [0, 0.05) is 84.3 Å². The fourth-order valence-corrected chi connectivity index (χ4v) is 6.37. The molecule has 2 aliphatic rings. The first-order valence-corrected chi connectivity index (χ1v) is 14.6. The van der Waals surface area contributed by atoms with Crippen molar-refractivity contribution in [3.8, 4) is 28.1 Å². The van der Waals surface area contributed by atoms with Crippen LogP contribution in [-0.2, 0) is 10.2 Å². The Labute approximate surface area is 235 Å². The molecule has 4 aromatic rings. The van der Waals surface area contributed by atoms with Crippen molar-refractivity contribution >= 4 is 27.5 Å². The number of benzene rings is 2. The number of nitrogens with one attached hydrogen (secondary N) is 1. The van der Waals surface area contributed by atoms with E-state index in [-0.39, 0.29) is 16.1 Å². The molecule has 9 nitrogen and oxygen atoms in total. The summed E-state index contributed by atoms with van der Waals surface area (Å²) in [4.78, 5) is 6.36. The fourth-order valence-electron chi connectivity index (χ4n) is 5.23. The average molecular weight is 586 g/mol.